The maximum atomic E-state index is 12.5. The van der Waals surface area contributed by atoms with Crippen LogP contribution < -0.4 is 10.6 Å². The van der Waals surface area contributed by atoms with Crippen LogP contribution in [0.2, 0.25) is 0 Å². The minimum Gasteiger partial charge on any atom is -0.374 e. The van der Waals surface area contributed by atoms with Crippen LogP contribution in [0, 0.1) is 5.92 Å². The van der Waals surface area contributed by atoms with Gasteiger partial charge >= 0.3 is 0 Å². The molecule has 0 aliphatic heterocycles. The molecule has 27 heavy (non-hydrogen) atoms. The summed E-state index contributed by atoms with van der Waals surface area (Å²) in [6, 6.07) is 0. The van der Waals surface area contributed by atoms with E-state index in [9.17, 15) is 4.79 Å². The fourth-order valence-corrected chi connectivity index (χ4v) is 2.76. The van der Waals surface area contributed by atoms with Crippen molar-refractivity contribution >= 4 is 5.91 Å². The monoisotopic (exact) mass is 385 g/mol. The van der Waals surface area contributed by atoms with Crippen molar-refractivity contribution < 1.29 is 9.53 Å². The van der Waals surface area contributed by atoms with Crippen LogP contribution in [-0.2, 0) is 9.53 Å². The second-order valence-electron chi connectivity index (χ2n) is 10.0. The predicted octanol–water partition coefficient (Wildman–Crippen LogP) is 3.82. The van der Waals surface area contributed by atoms with Crippen LogP contribution in [0.15, 0.2) is 0 Å². The van der Waals surface area contributed by atoms with Crippen LogP contribution in [0.1, 0.15) is 81.6 Å². The van der Waals surface area contributed by atoms with Crippen LogP contribution in [0.25, 0.3) is 0 Å². The lowest BCUT2D eigenvalue weighted by Gasteiger charge is -2.39. The number of hydrogen-bond donors (Lipinski definition) is 2. The lowest BCUT2D eigenvalue weighted by atomic mass is 9.97. The molecule has 0 heterocycles. The third-order valence-corrected chi connectivity index (χ3v) is 5.18. The van der Waals surface area contributed by atoms with Gasteiger partial charge in [-0.2, -0.15) is 0 Å². The first-order valence-electron chi connectivity index (χ1n) is 10.6. The van der Waals surface area contributed by atoms with E-state index in [2.05, 4.69) is 64.1 Å². The van der Waals surface area contributed by atoms with Gasteiger partial charge in [0.2, 0.25) is 5.91 Å². The SMILES string of the molecule is CCNCCC(C)(C)OCC(C)(C)N(C)CCC(CC)C(=O)NC(C)(C)C. The maximum Gasteiger partial charge on any atom is 0.223 e. The molecule has 2 N–H and O–H groups in total. The molecule has 0 spiro atoms. The van der Waals surface area contributed by atoms with Gasteiger partial charge in [0.25, 0.3) is 0 Å². The summed E-state index contributed by atoms with van der Waals surface area (Å²) in [6.45, 7) is 22.6. The summed E-state index contributed by atoms with van der Waals surface area (Å²) in [5.74, 6) is 0.219. The van der Waals surface area contributed by atoms with Crippen LogP contribution >= 0.6 is 0 Å². The molecule has 0 saturated carbocycles. The molecule has 0 aromatic heterocycles. The standard InChI is InChI=1S/C22H47N3O2/c1-11-18(19(26)24-20(3,4)5)13-16-25(10)21(6,7)17-27-22(8,9)14-15-23-12-2/h18,23H,11-17H2,1-10H3,(H,24,26). The second kappa shape index (κ2) is 11.4. The molecule has 1 amide bonds. The maximum absolute atomic E-state index is 12.5. The van der Waals surface area contributed by atoms with Gasteiger partial charge in [0.05, 0.1) is 12.2 Å². The van der Waals surface area contributed by atoms with E-state index in [0.717, 1.165) is 38.9 Å². The van der Waals surface area contributed by atoms with E-state index in [4.69, 9.17) is 4.74 Å². The molecule has 0 aromatic carbocycles. The zero-order chi connectivity index (χ0) is 21.3. The van der Waals surface area contributed by atoms with Crippen molar-refractivity contribution in [1.29, 1.82) is 0 Å². The number of likely N-dealkylation sites (N-methyl/N-ethyl adjacent to an activating group) is 1. The molecule has 0 fully saturated rings. The van der Waals surface area contributed by atoms with E-state index >= 15 is 0 Å². The molecule has 0 radical (unpaired) electrons. The first-order valence-corrected chi connectivity index (χ1v) is 10.6. The van der Waals surface area contributed by atoms with Crippen LogP contribution in [0.3, 0.4) is 0 Å². The zero-order valence-electron chi connectivity index (χ0n) is 19.8. The van der Waals surface area contributed by atoms with Crippen molar-refractivity contribution in [3.05, 3.63) is 0 Å². The van der Waals surface area contributed by atoms with Gasteiger partial charge < -0.3 is 15.4 Å². The first-order chi connectivity index (χ1) is 12.2. The normalized spacial score (nSPS) is 14.5. The molecule has 0 saturated heterocycles. The highest BCUT2D eigenvalue weighted by molar-refractivity contribution is 5.79. The van der Waals surface area contributed by atoms with Crippen molar-refractivity contribution in [1.82, 2.24) is 15.5 Å². The van der Waals surface area contributed by atoms with Crippen LogP contribution in [0.4, 0.5) is 0 Å². The minimum atomic E-state index is -0.179. The average Bonchev–Trinajstić information content (AvgIpc) is 2.52. The van der Waals surface area contributed by atoms with Gasteiger partial charge in [-0.05, 0) is 94.4 Å². The molecule has 5 heteroatoms. The molecule has 162 valence electrons. The Bertz CT molecular complexity index is 428. The Kier molecular flexibility index (Phi) is 11.1. The lowest BCUT2D eigenvalue weighted by Crippen LogP contribution is -2.49. The van der Waals surface area contributed by atoms with E-state index in [-0.39, 0.29) is 28.5 Å². The fraction of sp³-hybridized carbons (Fsp3) is 0.955. The Morgan fingerprint density at radius 3 is 2.15 bits per heavy atom. The third-order valence-electron chi connectivity index (χ3n) is 5.18. The zero-order valence-corrected chi connectivity index (χ0v) is 19.8. The Labute approximate surface area is 169 Å². The lowest BCUT2D eigenvalue weighted by molar-refractivity contribution is -0.127. The quantitative estimate of drug-likeness (QED) is 0.473. The van der Waals surface area contributed by atoms with Crippen LogP contribution in [0.5, 0.6) is 0 Å². The van der Waals surface area contributed by atoms with E-state index in [1.54, 1.807) is 0 Å². The Morgan fingerprint density at radius 1 is 1.07 bits per heavy atom. The van der Waals surface area contributed by atoms with Crippen molar-refractivity contribution in [2.75, 3.05) is 33.3 Å². The second-order valence-corrected chi connectivity index (χ2v) is 10.0. The fourth-order valence-electron chi connectivity index (χ4n) is 2.76. The first kappa shape index (κ1) is 26.4. The van der Waals surface area contributed by atoms with E-state index in [1.165, 1.54) is 0 Å². The summed E-state index contributed by atoms with van der Waals surface area (Å²) in [6.07, 6.45) is 2.72. The highest BCUT2D eigenvalue weighted by Crippen LogP contribution is 2.21. The number of amides is 1. The molecular weight excluding hydrogens is 338 g/mol. The number of carbonyl (C=O) groups excluding carboxylic acids is 1. The number of hydrogen-bond acceptors (Lipinski definition) is 4. The molecule has 0 aromatic rings. The van der Waals surface area contributed by atoms with Crippen molar-refractivity contribution in [3.8, 4) is 0 Å². The predicted molar refractivity (Wildman–Crippen MR) is 116 cm³/mol. The molecule has 0 rings (SSSR count). The number of ether oxygens (including phenoxy) is 1. The summed E-state index contributed by atoms with van der Waals surface area (Å²) < 4.78 is 6.25. The van der Waals surface area contributed by atoms with Gasteiger partial charge in [0.1, 0.15) is 0 Å². The molecule has 0 bridgehead atoms. The largest absolute Gasteiger partial charge is 0.374 e. The number of nitrogens with zero attached hydrogens (tertiary/aromatic N) is 1. The molecule has 5 nitrogen and oxygen atoms in total. The van der Waals surface area contributed by atoms with Crippen LogP contribution in [-0.4, -0.2) is 60.8 Å². The van der Waals surface area contributed by atoms with Gasteiger partial charge in [-0.1, -0.05) is 13.8 Å². The minimum absolute atomic E-state index is 0.0555. The van der Waals surface area contributed by atoms with E-state index in [0.29, 0.717) is 6.61 Å². The Morgan fingerprint density at radius 2 is 1.67 bits per heavy atom. The third kappa shape index (κ3) is 11.7. The molecule has 0 aliphatic rings. The average molecular weight is 386 g/mol. The summed E-state index contributed by atoms with van der Waals surface area (Å²) in [5, 5.41) is 6.48. The molecule has 0 aliphatic carbocycles. The molecule has 1 atom stereocenters. The number of rotatable bonds is 13. The number of carbonyl (C=O) groups is 1. The summed E-state index contributed by atoms with van der Waals surface area (Å²) in [7, 11) is 2.13. The molecule has 1 unspecified atom stereocenters. The highest BCUT2D eigenvalue weighted by Gasteiger charge is 2.29. The van der Waals surface area contributed by atoms with Crippen molar-refractivity contribution in [2.24, 2.45) is 5.92 Å². The molecular formula is C22H47N3O2. The van der Waals surface area contributed by atoms with E-state index < -0.39 is 0 Å². The van der Waals surface area contributed by atoms with Gasteiger partial charge in [0.15, 0.2) is 0 Å². The highest BCUT2D eigenvalue weighted by atomic mass is 16.5. The van der Waals surface area contributed by atoms with Gasteiger partial charge in [-0.25, -0.2) is 0 Å². The topological polar surface area (TPSA) is 53.6 Å². The smallest absolute Gasteiger partial charge is 0.223 e. The summed E-state index contributed by atoms with van der Waals surface area (Å²) >= 11 is 0. The van der Waals surface area contributed by atoms with Gasteiger partial charge in [0, 0.05) is 17.0 Å². The van der Waals surface area contributed by atoms with E-state index in [1.807, 2.05) is 20.8 Å². The Balaban J connectivity index is 4.55. The van der Waals surface area contributed by atoms with Gasteiger partial charge in [-0.15, -0.1) is 0 Å². The summed E-state index contributed by atoms with van der Waals surface area (Å²) in [4.78, 5) is 14.8. The number of nitrogens with one attached hydrogen (secondary N) is 2. The summed E-state index contributed by atoms with van der Waals surface area (Å²) in [5.41, 5.74) is -0.394. The Hall–Kier alpha value is -0.650. The van der Waals surface area contributed by atoms with Crippen molar-refractivity contribution in [2.45, 2.75) is 98.3 Å². The van der Waals surface area contributed by atoms with Crippen molar-refractivity contribution in [3.63, 3.8) is 0 Å². The van der Waals surface area contributed by atoms with Gasteiger partial charge in [-0.3, -0.25) is 9.69 Å².